The minimum Gasteiger partial charge on any atom is -0.497 e. The molecule has 1 fully saturated rings. The summed E-state index contributed by atoms with van der Waals surface area (Å²) in [5.41, 5.74) is 3.92. The van der Waals surface area contributed by atoms with E-state index in [1.54, 1.807) is 7.11 Å². The number of aliphatic hydroxyl groups is 2. The van der Waals surface area contributed by atoms with E-state index in [9.17, 15) is 10.2 Å². The predicted octanol–water partition coefficient (Wildman–Crippen LogP) is 3.46. The second-order valence-corrected chi connectivity index (χ2v) is 8.32. The molecule has 1 saturated heterocycles. The molecule has 4 unspecified atom stereocenters. The van der Waals surface area contributed by atoms with E-state index in [1.165, 1.54) is 16.7 Å². The van der Waals surface area contributed by atoms with Crippen LogP contribution in [-0.4, -0.2) is 48.5 Å². The Balaban J connectivity index is 1.60. The highest BCUT2D eigenvalue weighted by atomic mass is 16.5. The van der Waals surface area contributed by atoms with Gasteiger partial charge in [0.25, 0.3) is 0 Å². The first-order chi connectivity index (χ1) is 14.2. The summed E-state index contributed by atoms with van der Waals surface area (Å²) in [5, 5.41) is 20.4. The molecule has 1 aliphatic carbocycles. The third-order valence-electron chi connectivity index (χ3n) is 6.73. The van der Waals surface area contributed by atoms with E-state index in [1.807, 2.05) is 12.1 Å². The van der Waals surface area contributed by atoms with Crippen LogP contribution in [0.1, 0.15) is 23.5 Å². The van der Waals surface area contributed by atoms with Crippen molar-refractivity contribution in [2.75, 3.05) is 33.4 Å². The Morgan fingerprint density at radius 3 is 2.34 bits per heavy atom. The molecule has 1 heterocycles. The number of piperidine rings is 1. The first-order valence-electron chi connectivity index (χ1n) is 10.6. The fraction of sp³-hybridized carbons (Fsp3) is 0.440. The van der Waals surface area contributed by atoms with E-state index in [0.29, 0.717) is 5.92 Å². The van der Waals surface area contributed by atoms with E-state index >= 15 is 0 Å². The first-order valence-corrected chi connectivity index (χ1v) is 10.6. The predicted molar refractivity (Wildman–Crippen MR) is 115 cm³/mol. The Kier molecular flexibility index (Phi) is 6.34. The molecular weight excluding hydrogens is 362 g/mol. The quantitative estimate of drug-likeness (QED) is 0.738. The highest BCUT2D eigenvalue weighted by Crippen LogP contribution is 2.46. The van der Waals surface area contributed by atoms with Crippen LogP contribution in [0.2, 0.25) is 0 Å². The normalized spacial score (nSPS) is 27.2. The number of hydrogen-bond acceptors (Lipinski definition) is 4. The Bertz CT molecular complexity index is 818. The molecule has 0 bridgehead atoms. The van der Waals surface area contributed by atoms with Crippen molar-refractivity contribution in [2.24, 2.45) is 17.8 Å². The molecule has 4 rings (SSSR count). The molecule has 4 heteroatoms. The molecule has 0 saturated carbocycles. The molecule has 0 amide bonds. The van der Waals surface area contributed by atoms with Crippen molar-refractivity contribution >= 4 is 0 Å². The van der Waals surface area contributed by atoms with Crippen molar-refractivity contribution in [1.82, 2.24) is 4.90 Å². The molecule has 2 aromatic rings. The van der Waals surface area contributed by atoms with Gasteiger partial charge >= 0.3 is 0 Å². The van der Waals surface area contributed by atoms with Crippen molar-refractivity contribution in [3.63, 3.8) is 0 Å². The number of allylic oxidation sites excluding steroid dienone is 1. The van der Waals surface area contributed by atoms with Gasteiger partial charge < -0.3 is 14.9 Å². The van der Waals surface area contributed by atoms with Crippen LogP contribution in [-0.2, 0) is 6.54 Å². The molecule has 4 atom stereocenters. The molecule has 2 aliphatic rings. The molecular formula is C25H31NO3. The van der Waals surface area contributed by atoms with Crippen LogP contribution in [0, 0.1) is 17.8 Å². The maximum atomic E-state index is 10.2. The number of methoxy groups -OCH3 is 1. The van der Waals surface area contributed by atoms with Crippen molar-refractivity contribution in [3.8, 4) is 5.75 Å². The van der Waals surface area contributed by atoms with Crippen molar-refractivity contribution in [1.29, 1.82) is 0 Å². The Labute approximate surface area is 173 Å². The minimum atomic E-state index is 0.0443. The Hall–Kier alpha value is -2.14. The van der Waals surface area contributed by atoms with Gasteiger partial charge in [0.15, 0.2) is 0 Å². The van der Waals surface area contributed by atoms with E-state index in [2.05, 4.69) is 53.4 Å². The van der Waals surface area contributed by atoms with Gasteiger partial charge in [-0.3, -0.25) is 4.90 Å². The molecule has 2 aromatic carbocycles. The van der Waals surface area contributed by atoms with Gasteiger partial charge in [0, 0.05) is 32.2 Å². The van der Waals surface area contributed by atoms with Gasteiger partial charge in [0.05, 0.1) is 7.11 Å². The SMILES string of the molecule is COc1ccc(C2C=C3CN(Cc4ccccc4)CCC3C(CO)C2CO)cc1. The van der Waals surface area contributed by atoms with E-state index in [4.69, 9.17) is 4.74 Å². The van der Waals surface area contributed by atoms with Crippen LogP contribution < -0.4 is 4.74 Å². The van der Waals surface area contributed by atoms with Crippen LogP contribution in [0.3, 0.4) is 0 Å². The summed E-state index contributed by atoms with van der Waals surface area (Å²) in [7, 11) is 1.67. The number of likely N-dealkylation sites (tertiary alicyclic amines) is 1. The number of aliphatic hydroxyl groups excluding tert-OH is 2. The molecule has 0 radical (unpaired) electrons. The zero-order valence-corrected chi connectivity index (χ0v) is 17.1. The van der Waals surface area contributed by atoms with E-state index < -0.39 is 0 Å². The standard InChI is InChI=1S/C25H31NO3/c1-29-21-9-7-19(8-10-21)23-13-20-15-26(14-18-5-3-2-4-6-18)12-11-22(20)24(16-27)25(23)17-28/h2-10,13,22-25,27-28H,11-12,14-17H2,1H3. The maximum Gasteiger partial charge on any atom is 0.118 e. The number of nitrogens with zero attached hydrogens (tertiary/aromatic N) is 1. The summed E-state index contributed by atoms with van der Waals surface area (Å²) in [6, 6.07) is 18.7. The molecule has 0 spiro atoms. The van der Waals surface area contributed by atoms with Gasteiger partial charge in [-0.1, -0.05) is 54.1 Å². The summed E-state index contributed by atoms with van der Waals surface area (Å²) in [6.45, 7) is 3.12. The third-order valence-corrected chi connectivity index (χ3v) is 6.73. The molecule has 0 aromatic heterocycles. The van der Waals surface area contributed by atoms with Gasteiger partial charge in [0.2, 0.25) is 0 Å². The highest BCUT2D eigenvalue weighted by molar-refractivity contribution is 5.36. The number of fused-ring (bicyclic) bond motifs is 1. The number of ether oxygens (including phenoxy) is 1. The smallest absolute Gasteiger partial charge is 0.118 e. The molecule has 29 heavy (non-hydrogen) atoms. The van der Waals surface area contributed by atoms with Crippen LogP contribution in [0.5, 0.6) is 5.75 Å². The van der Waals surface area contributed by atoms with Crippen LogP contribution in [0.25, 0.3) is 0 Å². The van der Waals surface area contributed by atoms with Gasteiger partial charge in [0.1, 0.15) is 5.75 Å². The van der Waals surface area contributed by atoms with Crippen LogP contribution >= 0.6 is 0 Å². The lowest BCUT2D eigenvalue weighted by molar-refractivity contribution is 0.0523. The molecule has 2 N–H and O–H groups in total. The van der Waals surface area contributed by atoms with Gasteiger partial charge in [-0.25, -0.2) is 0 Å². The summed E-state index contributed by atoms with van der Waals surface area (Å²) in [5.74, 6) is 1.46. The fourth-order valence-electron chi connectivity index (χ4n) is 5.20. The van der Waals surface area contributed by atoms with Gasteiger partial charge in [-0.2, -0.15) is 0 Å². The molecule has 4 nitrogen and oxygen atoms in total. The maximum absolute atomic E-state index is 10.2. The number of hydrogen-bond donors (Lipinski definition) is 2. The lowest BCUT2D eigenvalue weighted by Gasteiger charge is -2.46. The summed E-state index contributed by atoms with van der Waals surface area (Å²) >= 11 is 0. The lowest BCUT2D eigenvalue weighted by atomic mass is 9.64. The second kappa shape index (κ2) is 9.12. The monoisotopic (exact) mass is 393 g/mol. The Morgan fingerprint density at radius 1 is 0.966 bits per heavy atom. The average Bonchev–Trinajstić information content (AvgIpc) is 2.78. The zero-order chi connectivity index (χ0) is 20.2. The molecule has 1 aliphatic heterocycles. The molecule has 154 valence electrons. The Morgan fingerprint density at radius 2 is 1.69 bits per heavy atom. The largest absolute Gasteiger partial charge is 0.497 e. The number of rotatable bonds is 6. The van der Waals surface area contributed by atoms with Crippen molar-refractivity contribution in [3.05, 3.63) is 77.4 Å². The van der Waals surface area contributed by atoms with Gasteiger partial charge in [-0.05, 0) is 54.0 Å². The topological polar surface area (TPSA) is 52.9 Å². The van der Waals surface area contributed by atoms with Crippen molar-refractivity contribution < 1.29 is 14.9 Å². The fourth-order valence-corrected chi connectivity index (χ4v) is 5.20. The second-order valence-electron chi connectivity index (χ2n) is 8.32. The van der Waals surface area contributed by atoms with E-state index in [0.717, 1.165) is 31.8 Å². The third kappa shape index (κ3) is 4.25. The summed E-state index contributed by atoms with van der Waals surface area (Å²) < 4.78 is 5.30. The zero-order valence-electron chi connectivity index (χ0n) is 17.1. The minimum absolute atomic E-state index is 0.0443. The van der Waals surface area contributed by atoms with Crippen molar-refractivity contribution in [2.45, 2.75) is 18.9 Å². The first kappa shape index (κ1) is 20.1. The summed E-state index contributed by atoms with van der Waals surface area (Å²) in [4.78, 5) is 2.50. The van der Waals surface area contributed by atoms with Crippen LogP contribution in [0.15, 0.2) is 66.2 Å². The lowest BCUT2D eigenvalue weighted by Crippen LogP contribution is -2.45. The highest BCUT2D eigenvalue weighted by Gasteiger charge is 2.41. The van der Waals surface area contributed by atoms with E-state index in [-0.39, 0.29) is 31.0 Å². The number of benzene rings is 2. The summed E-state index contributed by atoms with van der Waals surface area (Å²) in [6.07, 6.45) is 3.41. The van der Waals surface area contributed by atoms with Gasteiger partial charge in [-0.15, -0.1) is 0 Å². The average molecular weight is 394 g/mol. The van der Waals surface area contributed by atoms with Crippen LogP contribution in [0.4, 0.5) is 0 Å².